The van der Waals surface area contributed by atoms with Crippen molar-refractivity contribution in [3.8, 4) is 22.3 Å². The maximum atomic E-state index is 6.55. The van der Waals surface area contributed by atoms with Gasteiger partial charge in [-0.25, -0.2) is 0 Å². The number of para-hydroxylation sites is 3. The molecule has 0 saturated heterocycles. The molecule has 204 valence electrons. The average molecular weight is 561 g/mol. The lowest BCUT2D eigenvalue weighted by molar-refractivity contribution is 0.669. The summed E-state index contributed by atoms with van der Waals surface area (Å²) in [5.41, 5.74) is 8.45. The molecule has 0 fully saturated rings. The fourth-order valence-corrected chi connectivity index (χ4v) is 7.38. The molecule has 2 aromatic heterocycles. The number of hydrogen-bond donors (Lipinski definition) is 0. The van der Waals surface area contributed by atoms with Crippen molar-refractivity contribution < 1.29 is 8.83 Å². The van der Waals surface area contributed by atoms with E-state index in [1.807, 2.05) is 18.2 Å². The zero-order valence-corrected chi connectivity index (χ0v) is 23.7. The summed E-state index contributed by atoms with van der Waals surface area (Å²) in [5.74, 6) is 0. The van der Waals surface area contributed by atoms with Crippen LogP contribution in [-0.4, -0.2) is 0 Å². The van der Waals surface area contributed by atoms with Crippen molar-refractivity contribution in [1.82, 2.24) is 0 Å². The fourth-order valence-electron chi connectivity index (χ4n) is 7.38. The minimum absolute atomic E-state index is 0.913. The molecule has 2 heteroatoms. The van der Waals surface area contributed by atoms with Gasteiger partial charge in [0.15, 0.2) is 0 Å². The Balaban J connectivity index is 1.29. The van der Waals surface area contributed by atoms with E-state index < -0.39 is 0 Å². The highest BCUT2D eigenvalue weighted by molar-refractivity contribution is 6.25. The van der Waals surface area contributed by atoms with Crippen LogP contribution in [-0.2, 0) is 0 Å². The molecular weight excluding hydrogens is 536 g/mol. The molecule has 0 aliphatic rings. The predicted molar refractivity (Wildman–Crippen MR) is 184 cm³/mol. The topological polar surface area (TPSA) is 26.3 Å². The van der Waals surface area contributed by atoms with Gasteiger partial charge in [0.05, 0.1) is 0 Å². The standard InChI is InChI=1S/C42H24O2/c1-3-13-31-29(11-1)39(26-20-22-27-25(24-26)21-23-38-41(27)34-15-6-8-19-37(34)43-38)30-12-2-4-14-32(30)40(31)35-17-9-16-33-28-10-5-7-18-36(28)44-42(33)35/h1-24H. The van der Waals surface area contributed by atoms with Crippen LogP contribution in [0.1, 0.15) is 0 Å². The quantitative estimate of drug-likeness (QED) is 0.197. The smallest absolute Gasteiger partial charge is 0.143 e. The van der Waals surface area contributed by atoms with E-state index in [4.69, 9.17) is 8.83 Å². The monoisotopic (exact) mass is 560 g/mol. The van der Waals surface area contributed by atoms with Gasteiger partial charge in [0.25, 0.3) is 0 Å². The maximum absolute atomic E-state index is 6.55. The van der Waals surface area contributed by atoms with Crippen LogP contribution >= 0.6 is 0 Å². The zero-order valence-electron chi connectivity index (χ0n) is 23.7. The Morgan fingerprint density at radius 3 is 1.66 bits per heavy atom. The summed E-state index contributed by atoms with van der Waals surface area (Å²) in [6, 6.07) is 51.9. The molecule has 2 nitrogen and oxygen atoms in total. The van der Waals surface area contributed by atoms with Crippen LogP contribution in [0.2, 0.25) is 0 Å². The lowest BCUT2D eigenvalue weighted by Crippen LogP contribution is -1.91. The Kier molecular flexibility index (Phi) is 4.75. The summed E-state index contributed by atoms with van der Waals surface area (Å²) in [6.45, 7) is 0. The highest BCUT2D eigenvalue weighted by Gasteiger charge is 2.20. The summed E-state index contributed by atoms with van der Waals surface area (Å²) >= 11 is 0. The second-order valence-corrected chi connectivity index (χ2v) is 11.6. The van der Waals surface area contributed by atoms with Crippen LogP contribution in [0.5, 0.6) is 0 Å². The minimum atomic E-state index is 0.913. The first-order valence-electron chi connectivity index (χ1n) is 15.0. The molecule has 0 unspecified atom stereocenters. The van der Waals surface area contributed by atoms with Gasteiger partial charge in [0.2, 0.25) is 0 Å². The van der Waals surface area contributed by atoms with Crippen molar-refractivity contribution in [3.05, 3.63) is 146 Å². The highest BCUT2D eigenvalue weighted by Crippen LogP contribution is 2.47. The van der Waals surface area contributed by atoms with E-state index in [9.17, 15) is 0 Å². The number of benzene rings is 8. The van der Waals surface area contributed by atoms with Gasteiger partial charge in [0.1, 0.15) is 22.3 Å². The SMILES string of the molecule is c1ccc2c(c1)oc1c(-c3c4ccccc4c(-c4ccc5c(ccc6oc7ccccc7c65)c4)c4ccccc34)cccc12. The molecule has 0 spiro atoms. The minimum Gasteiger partial charge on any atom is -0.456 e. The van der Waals surface area contributed by atoms with Crippen molar-refractivity contribution in [1.29, 1.82) is 0 Å². The molecule has 0 saturated carbocycles. The number of fused-ring (bicyclic) bond motifs is 10. The second kappa shape index (κ2) is 8.82. The largest absolute Gasteiger partial charge is 0.456 e. The van der Waals surface area contributed by atoms with Crippen LogP contribution in [0.3, 0.4) is 0 Å². The molecule has 10 rings (SSSR count). The Labute approximate surface area is 252 Å². The molecule has 44 heavy (non-hydrogen) atoms. The summed E-state index contributed by atoms with van der Waals surface area (Å²) in [5, 5.41) is 11.9. The number of furan rings is 2. The molecule has 0 atom stereocenters. The van der Waals surface area contributed by atoms with Crippen LogP contribution in [0.15, 0.2) is 154 Å². The molecule has 10 aromatic rings. The van der Waals surface area contributed by atoms with Crippen molar-refractivity contribution in [3.63, 3.8) is 0 Å². The van der Waals surface area contributed by atoms with E-state index in [1.165, 1.54) is 54.4 Å². The van der Waals surface area contributed by atoms with E-state index >= 15 is 0 Å². The van der Waals surface area contributed by atoms with Crippen molar-refractivity contribution in [2.24, 2.45) is 0 Å². The summed E-state index contributed by atoms with van der Waals surface area (Å²) in [4.78, 5) is 0. The molecule has 0 amide bonds. The van der Waals surface area contributed by atoms with Gasteiger partial charge >= 0.3 is 0 Å². The molecule has 2 heterocycles. The van der Waals surface area contributed by atoms with Crippen LogP contribution in [0.25, 0.3) is 98.4 Å². The number of hydrogen-bond acceptors (Lipinski definition) is 2. The van der Waals surface area contributed by atoms with Crippen molar-refractivity contribution in [2.45, 2.75) is 0 Å². The Bertz CT molecular complexity index is 2720. The van der Waals surface area contributed by atoms with Crippen LogP contribution in [0, 0.1) is 0 Å². The van der Waals surface area contributed by atoms with E-state index in [0.29, 0.717) is 0 Å². The molecular formula is C42H24O2. The first-order chi connectivity index (χ1) is 21.8. The Hall–Kier alpha value is -5.86. The summed E-state index contributed by atoms with van der Waals surface area (Å²) in [6.07, 6.45) is 0. The molecule has 8 aromatic carbocycles. The molecule has 0 aliphatic heterocycles. The van der Waals surface area contributed by atoms with Gasteiger partial charge in [-0.05, 0) is 67.7 Å². The van der Waals surface area contributed by atoms with Crippen molar-refractivity contribution in [2.75, 3.05) is 0 Å². The Morgan fingerprint density at radius 2 is 0.932 bits per heavy atom. The normalized spacial score (nSPS) is 12.1. The van der Waals surface area contributed by atoms with E-state index in [1.54, 1.807) is 0 Å². The first-order valence-corrected chi connectivity index (χ1v) is 15.0. The van der Waals surface area contributed by atoms with E-state index in [0.717, 1.165) is 44.1 Å². The molecule has 0 aliphatic carbocycles. The molecule has 0 radical (unpaired) electrons. The summed E-state index contributed by atoms with van der Waals surface area (Å²) < 4.78 is 12.7. The highest BCUT2D eigenvalue weighted by atomic mass is 16.3. The van der Waals surface area contributed by atoms with Crippen LogP contribution < -0.4 is 0 Å². The fraction of sp³-hybridized carbons (Fsp3) is 0. The third kappa shape index (κ3) is 3.20. The second-order valence-electron chi connectivity index (χ2n) is 11.6. The van der Waals surface area contributed by atoms with Gasteiger partial charge in [-0.3, -0.25) is 0 Å². The van der Waals surface area contributed by atoms with Gasteiger partial charge in [-0.1, -0.05) is 121 Å². The lowest BCUT2D eigenvalue weighted by Gasteiger charge is -2.18. The molecule has 0 bridgehead atoms. The Morgan fingerprint density at radius 1 is 0.341 bits per heavy atom. The maximum Gasteiger partial charge on any atom is 0.143 e. The van der Waals surface area contributed by atoms with E-state index in [2.05, 4.69) is 127 Å². The van der Waals surface area contributed by atoms with Crippen LogP contribution in [0.4, 0.5) is 0 Å². The zero-order chi connectivity index (χ0) is 28.8. The van der Waals surface area contributed by atoms with Gasteiger partial charge < -0.3 is 8.83 Å². The first kappa shape index (κ1) is 23.7. The van der Waals surface area contributed by atoms with Gasteiger partial charge in [-0.2, -0.15) is 0 Å². The van der Waals surface area contributed by atoms with Crippen molar-refractivity contribution >= 4 is 76.2 Å². The number of rotatable bonds is 2. The van der Waals surface area contributed by atoms with E-state index in [-0.39, 0.29) is 0 Å². The lowest BCUT2D eigenvalue weighted by atomic mass is 9.85. The van der Waals surface area contributed by atoms with Gasteiger partial charge in [0, 0.05) is 32.7 Å². The molecule has 0 N–H and O–H groups in total. The third-order valence-corrected chi connectivity index (χ3v) is 9.25. The third-order valence-electron chi connectivity index (χ3n) is 9.25. The average Bonchev–Trinajstić information content (AvgIpc) is 3.66. The summed E-state index contributed by atoms with van der Waals surface area (Å²) in [7, 11) is 0. The predicted octanol–water partition coefficient (Wildman–Crippen LogP) is 12.3. The van der Waals surface area contributed by atoms with Gasteiger partial charge in [-0.15, -0.1) is 0 Å².